The van der Waals surface area contributed by atoms with Gasteiger partial charge < -0.3 is 9.64 Å². The third-order valence-electron chi connectivity index (χ3n) is 4.91. The number of rotatable bonds is 4. The molecule has 1 amide bonds. The van der Waals surface area contributed by atoms with Gasteiger partial charge in [0, 0.05) is 15.4 Å². The number of thioether (sulfide) groups is 1. The highest BCUT2D eigenvalue weighted by atomic mass is 79.9. The van der Waals surface area contributed by atoms with Gasteiger partial charge in [0.1, 0.15) is 5.75 Å². The number of hydrogen-bond donors (Lipinski definition) is 0. The van der Waals surface area contributed by atoms with Gasteiger partial charge in [-0.05, 0) is 42.0 Å². The topological polar surface area (TPSA) is 76.0 Å². The first-order valence-corrected chi connectivity index (χ1v) is 12.5. The van der Waals surface area contributed by atoms with Crippen LogP contribution in [0.3, 0.4) is 0 Å². The number of carbonyl (C=O) groups excluding carboxylic acids is 1. The van der Waals surface area contributed by atoms with Crippen molar-refractivity contribution in [1.82, 2.24) is 0 Å². The van der Waals surface area contributed by atoms with Crippen molar-refractivity contribution in [2.24, 2.45) is 4.99 Å². The van der Waals surface area contributed by atoms with E-state index in [1.807, 2.05) is 53.4 Å². The molecule has 0 bridgehead atoms. The van der Waals surface area contributed by atoms with Gasteiger partial charge in [-0.3, -0.25) is 4.79 Å². The lowest BCUT2D eigenvalue weighted by atomic mass is 10.1. The van der Waals surface area contributed by atoms with Crippen LogP contribution in [0.15, 0.2) is 58.0 Å². The molecule has 0 radical (unpaired) electrons. The summed E-state index contributed by atoms with van der Waals surface area (Å²) in [6.07, 6.45) is 0.176. The molecule has 2 saturated heterocycles. The Morgan fingerprint density at radius 3 is 2.52 bits per heavy atom. The summed E-state index contributed by atoms with van der Waals surface area (Å²) >= 11 is 4.80. The summed E-state index contributed by atoms with van der Waals surface area (Å²) in [5, 5.41) is 0.451. The number of anilines is 1. The number of amidine groups is 1. The second-order valence-electron chi connectivity index (χ2n) is 6.96. The van der Waals surface area contributed by atoms with Crippen LogP contribution >= 0.6 is 27.7 Å². The molecule has 0 N–H and O–H groups in total. The van der Waals surface area contributed by atoms with Crippen LogP contribution in [-0.4, -0.2) is 49.4 Å². The monoisotopic (exact) mass is 494 g/mol. The Labute approximate surface area is 182 Å². The zero-order valence-corrected chi connectivity index (χ0v) is 18.8. The molecule has 152 valence electrons. The van der Waals surface area contributed by atoms with Crippen molar-refractivity contribution in [3.8, 4) is 5.75 Å². The van der Waals surface area contributed by atoms with Gasteiger partial charge in [0.05, 0.1) is 31.1 Å². The molecule has 2 aliphatic heterocycles. The fourth-order valence-electron chi connectivity index (χ4n) is 3.53. The van der Waals surface area contributed by atoms with E-state index in [2.05, 4.69) is 20.9 Å². The molecular formula is C20H19BrN2O4S2. The van der Waals surface area contributed by atoms with Gasteiger partial charge in [-0.25, -0.2) is 8.42 Å². The minimum atomic E-state index is -3.09. The lowest BCUT2D eigenvalue weighted by Crippen LogP contribution is -2.37. The maximum absolute atomic E-state index is 12.6. The van der Waals surface area contributed by atoms with E-state index in [4.69, 9.17) is 4.74 Å². The van der Waals surface area contributed by atoms with Crippen LogP contribution in [0.25, 0.3) is 0 Å². The van der Waals surface area contributed by atoms with Gasteiger partial charge in [-0.15, -0.1) is 0 Å². The Hall–Kier alpha value is -1.84. The number of nitrogens with zero attached hydrogens (tertiary/aromatic N) is 2. The average Bonchev–Trinajstić information content (AvgIpc) is 3.14. The van der Waals surface area contributed by atoms with E-state index in [-0.39, 0.29) is 35.1 Å². The average molecular weight is 495 g/mol. The lowest BCUT2D eigenvalue weighted by Gasteiger charge is -2.24. The van der Waals surface area contributed by atoms with E-state index in [1.165, 1.54) is 11.8 Å². The Morgan fingerprint density at radius 1 is 1.17 bits per heavy atom. The highest BCUT2D eigenvalue weighted by Crippen LogP contribution is 2.41. The van der Waals surface area contributed by atoms with Crippen LogP contribution in [0.1, 0.15) is 5.56 Å². The molecule has 29 heavy (non-hydrogen) atoms. The Morgan fingerprint density at radius 2 is 1.86 bits per heavy atom. The van der Waals surface area contributed by atoms with E-state index in [1.54, 1.807) is 7.11 Å². The third-order valence-corrected chi connectivity index (χ3v) is 8.64. The normalized spacial score (nSPS) is 23.9. The molecular weight excluding hydrogens is 476 g/mol. The fraction of sp³-hybridized carbons (Fsp3) is 0.300. The van der Waals surface area contributed by atoms with Crippen molar-refractivity contribution in [2.45, 2.75) is 17.7 Å². The molecule has 0 saturated carbocycles. The summed E-state index contributed by atoms with van der Waals surface area (Å²) in [6.45, 7) is 0. The highest BCUT2D eigenvalue weighted by Gasteiger charge is 2.49. The Balaban J connectivity index is 1.60. The SMILES string of the molecule is COc1ccc(CC(=O)N=C2S[C@H]3CS(=O)(=O)C[C@H]3N2c2ccc(Br)cc2)cc1. The standard InChI is InChI=1S/C20H19BrN2O4S2/c1-27-16-8-2-13(3-9-16)10-19(24)22-20-23(15-6-4-14(21)5-7-15)17-11-29(25,26)12-18(17)28-20/h2-9,17-18H,10-12H2,1H3/t17-,18+/m1/s1. The van der Waals surface area contributed by atoms with Crippen LogP contribution in [0, 0.1) is 0 Å². The number of aliphatic imine (C=N–C) groups is 1. The zero-order chi connectivity index (χ0) is 20.6. The minimum Gasteiger partial charge on any atom is -0.497 e. The minimum absolute atomic E-state index is 0.0758. The van der Waals surface area contributed by atoms with Gasteiger partial charge in [-0.1, -0.05) is 39.8 Å². The van der Waals surface area contributed by atoms with Gasteiger partial charge in [0.15, 0.2) is 15.0 Å². The predicted octanol–water partition coefficient (Wildman–Crippen LogP) is 3.30. The van der Waals surface area contributed by atoms with Gasteiger partial charge in [-0.2, -0.15) is 4.99 Å². The number of sulfone groups is 1. The molecule has 2 heterocycles. The van der Waals surface area contributed by atoms with E-state index < -0.39 is 9.84 Å². The van der Waals surface area contributed by atoms with E-state index >= 15 is 0 Å². The van der Waals surface area contributed by atoms with E-state index in [0.717, 1.165) is 21.5 Å². The largest absolute Gasteiger partial charge is 0.497 e. The van der Waals surface area contributed by atoms with Crippen molar-refractivity contribution >= 4 is 54.3 Å². The maximum Gasteiger partial charge on any atom is 0.252 e. The molecule has 6 nitrogen and oxygen atoms in total. The Kier molecular flexibility index (Phi) is 5.72. The van der Waals surface area contributed by atoms with Crippen LogP contribution < -0.4 is 9.64 Å². The van der Waals surface area contributed by atoms with Crippen LogP contribution in [0.4, 0.5) is 5.69 Å². The van der Waals surface area contributed by atoms with Crippen LogP contribution in [-0.2, 0) is 21.1 Å². The smallest absolute Gasteiger partial charge is 0.252 e. The number of ether oxygens (including phenoxy) is 1. The molecule has 0 aliphatic carbocycles. The summed E-state index contributed by atoms with van der Waals surface area (Å²) in [5.74, 6) is 0.657. The quantitative estimate of drug-likeness (QED) is 0.648. The molecule has 2 aliphatic rings. The van der Waals surface area contributed by atoms with E-state index in [0.29, 0.717) is 5.17 Å². The predicted molar refractivity (Wildman–Crippen MR) is 120 cm³/mol. The number of methoxy groups -OCH3 is 1. The van der Waals surface area contributed by atoms with E-state index in [9.17, 15) is 13.2 Å². The lowest BCUT2D eigenvalue weighted by molar-refractivity contribution is -0.117. The first-order valence-electron chi connectivity index (χ1n) is 9.01. The van der Waals surface area contributed by atoms with Crippen molar-refractivity contribution in [2.75, 3.05) is 23.5 Å². The number of amides is 1. The molecule has 0 unspecified atom stereocenters. The first-order chi connectivity index (χ1) is 13.8. The molecule has 9 heteroatoms. The molecule has 4 rings (SSSR count). The van der Waals surface area contributed by atoms with Gasteiger partial charge >= 0.3 is 0 Å². The van der Waals surface area contributed by atoms with Crippen molar-refractivity contribution in [3.63, 3.8) is 0 Å². The maximum atomic E-state index is 12.6. The summed E-state index contributed by atoms with van der Waals surface area (Å²) in [4.78, 5) is 18.9. The molecule has 0 spiro atoms. The third kappa shape index (κ3) is 4.51. The number of hydrogen-bond acceptors (Lipinski definition) is 5. The van der Waals surface area contributed by atoms with Crippen LogP contribution in [0.2, 0.25) is 0 Å². The zero-order valence-electron chi connectivity index (χ0n) is 15.6. The van der Waals surface area contributed by atoms with Gasteiger partial charge in [0.2, 0.25) is 0 Å². The summed E-state index contributed by atoms with van der Waals surface area (Å²) in [5.41, 5.74) is 1.68. The van der Waals surface area contributed by atoms with Crippen molar-refractivity contribution in [1.29, 1.82) is 0 Å². The molecule has 2 atom stereocenters. The number of fused-ring (bicyclic) bond motifs is 1. The van der Waals surface area contributed by atoms with Crippen molar-refractivity contribution in [3.05, 3.63) is 58.6 Å². The first kappa shape index (κ1) is 20.4. The second kappa shape index (κ2) is 8.12. The van der Waals surface area contributed by atoms with Crippen molar-refractivity contribution < 1.29 is 17.9 Å². The summed E-state index contributed by atoms with van der Waals surface area (Å²) < 4.78 is 30.3. The number of halogens is 1. The number of benzene rings is 2. The summed E-state index contributed by atoms with van der Waals surface area (Å²) in [7, 11) is -1.49. The number of carbonyl (C=O) groups is 1. The highest BCUT2D eigenvalue weighted by molar-refractivity contribution is 9.10. The Bertz CT molecular complexity index is 1050. The van der Waals surface area contributed by atoms with Crippen LogP contribution in [0.5, 0.6) is 5.75 Å². The molecule has 2 aromatic rings. The summed E-state index contributed by atoms with van der Waals surface area (Å²) in [6, 6.07) is 14.7. The molecule has 2 aromatic carbocycles. The van der Waals surface area contributed by atoms with Gasteiger partial charge in [0.25, 0.3) is 5.91 Å². The molecule has 2 fully saturated rings. The fourth-order valence-corrected chi connectivity index (χ4v) is 7.73. The molecule has 0 aromatic heterocycles. The second-order valence-corrected chi connectivity index (χ2v) is 11.2.